The summed E-state index contributed by atoms with van der Waals surface area (Å²) in [6, 6.07) is 0. The van der Waals surface area contributed by atoms with Crippen molar-refractivity contribution in [3.05, 3.63) is 17.8 Å². The fraction of sp³-hybridized carbons (Fsp3) is 0.400. The molecule has 0 saturated carbocycles. The quantitative estimate of drug-likeness (QED) is 0.522. The van der Waals surface area contributed by atoms with Crippen LogP contribution >= 0.6 is 0 Å². The molecule has 1 aromatic rings. The second kappa shape index (κ2) is 3.44. The van der Waals surface area contributed by atoms with Gasteiger partial charge in [-0.25, -0.2) is 4.98 Å². The molecule has 3 heteroatoms. The number of aldehydes is 1. The molecule has 0 aliphatic heterocycles. The summed E-state index contributed by atoms with van der Waals surface area (Å²) in [4.78, 5) is 14.3. The number of carbonyl (C=O) groups is 1. The van der Waals surface area contributed by atoms with E-state index in [4.69, 9.17) is 10.8 Å². The Morgan fingerprint density at radius 1 is 1.77 bits per heavy atom. The summed E-state index contributed by atoms with van der Waals surface area (Å²) in [7, 11) is 0. The van der Waals surface area contributed by atoms with E-state index in [1.807, 2.05) is 13.8 Å². The van der Waals surface area contributed by atoms with E-state index in [1.54, 1.807) is 0 Å². The van der Waals surface area contributed by atoms with Gasteiger partial charge in [0.15, 0.2) is 12.7 Å². The van der Waals surface area contributed by atoms with Gasteiger partial charge >= 0.3 is 0 Å². The molecular weight excluding hydrogens is 166 g/mol. The van der Waals surface area contributed by atoms with Gasteiger partial charge in [0.25, 0.3) is 0 Å². The van der Waals surface area contributed by atoms with E-state index in [9.17, 15) is 4.79 Å². The van der Waals surface area contributed by atoms with Crippen molar-refractivity contribution in [1.29, 1.82) is 0 Å². The molecule has 0 amide bonds. The topological polar surface area (TPSA) is 43.1 Å². The first-order chi connectivity index (χ1) is 6.11. The highest BCUT2D eigenvalue weighted by Gasteiger charge is 2.27. The van der Waals surface area contributed by atoms with E-state index in [0.717, 1.165) is 0 Å². The third-order valence-corrected chi connectivity index (χ3v) is 1.87. The molecule has 0 spiro atoms. The van der Waals surface area contributed by atoms with Gasteiger partial charge in [-0.05, 0) is 0 Å². The smallest absolute Gasteiger partial charge is 0.181 e. The summed E-state index contributed by atoms with van der Waals surface area (Å²) < 4.78 is 5.13. The Bertz CT molecular complexity index is 344. The van der Waals surface area contributed by atoms with Crippen molar-refractivity contribution >= 4 is 6.29 Å². The molecular formula is C10H11NO2. The number of nitrogens with zero attached hydrogens (tertiary/aromatic N) is 1. The van der Waals surface area contributed by atoms with E-state index < -0.39 is 0 Å². The lowest BCUT2D eigenvalue weighted by molar-refractivity contribution is 0.111. The molecule has 0 aromatic carbocycles. The van der Waals surface area contributed by atoms with Crippen LogP contribution in [0, 0.1) is 12.3 Å². The van der Waals surface area contributed by atoms with Crippen molar-refractivity contribution in [2.45, 2.75) is 25.7 Å². The van der Waals surface area contributed by atoms with Crippen molar-refractivity contribution < 1.29 is 9.21 Å². The molecule has 0 atom stereocenters. The van der Waals surface area contributed by atoms with Gasteiger partial charge in [-0.2, -0.15) is 0 Å². The molecule has 3 nitrogen and oxygen atoms in total. The summed E-state index contributed by atoms with van der Waals surface area (Å²) >= 11 is 0. The highest BCUT2D eigenvalue weighted by molar-refractivity contribution is 5.73. The molecule has 1 heterocycles. The van der Waals surface area contributed by atoms with Crippen molar-refractivity contribution in [1.82, 2.24) is 4.98 Å². The van der Waals surface area contributed by atoms with Gasteiger partial charge in [0, 0.05) is 11.8 Å². The first-order valence-electron chi connectivity index (χ1n) is 3.94. The van der Waals surface area contributed by atoms with Gasteiger partial charge in [0.2, 0.25) is 0 Å². The zero-order chi connectivity index (χ0) is 9.90. The maximum absolute atomic E-state index is 10.6. The lowest BCUT2D eigenvalue weighted by atomic mass is 9.86. The summed E-state index contributed by atoms with van der Waals surface area (Å²) in [6.07, 6.45) is 7.67. The van der Waals surface area contributed by atoms with Gasteiger partial charge in [-0.3, -0.25) is 4.79 Å². The Kier molecular flexibility index (Phi) is 2.52. The van der Waals surface area contributed by atoms with Crippen LogP contribution in [0.25, 0.3) is 0 Å². The van der Waals surface area contributed by atoms with Crippen LogP contribution in [-0.4, -0.2) is 11.3 Å². The Morgan fingerprint density at radius 2 is 2.46 bits per heavy atom. The number of hydrogen-bond donors (Lipinski definition) is 0. The molecule has 0 aliphatic carbocycles. The Labute approximate surface area is 77.2 Å². The molecule has 0 fully saturated rings. The van der Waals surface area contributed by atoms with Crippen LogP contribution in [0.2, 0.25) is 0 Å². The van der Waals surface area contributed by atoms with Crippen LogP contribution < -0.4 is 0 Å². The monoisotopic (exact) mass is 177 g/mol. The zero-order valence-corrected chi connectivity index (χ0v) is 7.70. The van der Waals surface area contributed by atoms with Gasteiger partial charge in [0.1, 0.15) is 11.5 Å². The number of oxazole rings is 1. The van der Waals surface area contributed by atoms with Gasteiger partial charge in [-0.1, -0.05) is 13.8 Å². The molecule has 0 unspecified atom stereocenters. The largest absolute Gasteiger partial charge is 0.447 e. The third-order valence-electron chi connectivity index (χ3n) is 1.87. The fourth-order valence-electron chi connectivity index (χ4n) is 1.18. The maximum atomic E-state index is 10.6. The van der Waals surface area contributed by atoms with Gasteiger partial charge in [-0.15, -0.1) is 12.3 Å². The van der Waals surface area contributed by atoms with Crippen molar-refractivity contribution in [2.24, 2.45) is 0 Å². The van der Waals surface area contributed by atoms with E-state index in [1.165, 1.54) is 6.39 Å². The predicted octanol–water partition coefficient (Wildman–Crippen LogP) is 1.79. The maximum Gasteiger partial charge on any atom is 0.181 e. The second-order valence-corrected chi connectivity index (χ2v) is 3.45. The molecule has 0 saturated heterocycles. The van der Waals surface area contributed by atoms with Crippen LogP contribution in [0.1, 0.15) is 36.5 Å². The Balaban J connectivity index is 3.07. The molecule has 0 radical (unpaired) electrons. The molecule has 1 rings (SSSR count). The first kappa shape index (κ1) is 9.53. The number of hydrogen-bond acceptors (Lipinski definition) is 3. The minimum atomic E-state index is -0.332. The SMILES string of the molecule is C#CCC(C)(C)c1ocnc1C=O. The van der Waals surface area contributed by atoms with Gasteiger partial charge < -0.3 is 4.42 Å². The lowest BCUT2D eigenvalue weighted by Gasteiger charge is -2.18. The highest BCUT2D eigenvalue weighted by atomic mass is 16.3. The normalized spacial score (nSPS) is 10.8. The third kappa shape index (κ3) is 1.78. The zero-order valence-electron chi connectivity index (χ0n) is 7.70. The van der Waals surface area contributed by atoms with Crippen LogP contribution in [0.4, 0.5) is 0 Å². The summed E-state index contributed by atoms with van der Waals surface area (Å²) in [5.74, 6) is 3.10. The molecule has 0 bridgehead atoms. The highest BCUT2D eigenvalue weighted by Crippen LogP contribution is 2.28. The summed E-state index contributed by atoms with van der Waals surface area (Å²) in [5, 5.41) is 0. The second-order valence-electron chi connectivity index (χ2n) is 3.45. The van der Waals surface area contributed by atoms with Crippen LogP contribution in [0.5, 0.6) is 0 Å². The number of rotatable bonds is 3. The summed E-state index contributed by atoms with van der Waals surface area (Å²) in [6.45, 7) is 3.83. The van der Waals surface area contributed by atoms with Crippen molar-refractivity contribution in [2.75, 3.05) is 0 Å². The average molecular weight is 177 g/mol. The Hall–Kier alpha value is -1.56. The van der Waals surface area contributed by atoms with Crippen LogP contribution in [-0.2, 0) is 5.41 Å². The molecule has 1 aromatic heterocycles. The van der Waals surface area contributed by atoms with Crippen molar-refractivity contribution in [3.8, 4) is 12.3 Å². The average Bonchev–Trinajstić information content (AvgIpc) is 2.51. The van der Waals surface area contributed by atoms with E-state index in [-0.39, 0.29) is 5.41 Å². The molecule has 68 valence electrons. The predicted molar refractivity (Wildman–Crippen MR) is 48.4 cm³/mol. The summed E-state index contributed by atoms with van der Waals surface area (Å²) in [5.41, 5.74) is 0.00171. The van der Waals surface area contributed by atoms with Crippen molar-refractivity contribution in [3.63, 3.8) is 0 Å². The minimum Gasteiger partial charge on any atom is -0.447 e. The molecule has 13 heavy (non-hydrogen) atoms. The number of aromatic nitrogens is 1. The fourth-order valence-corrected chi connectivity index (χ4v) is 1.18. The number of carbonyl (C=O) groups excluding carboxylic acids is 1. The van der Waals surface area contributed by atoms with E-state index >= 15 is 0 Å². The van der Waals surface area contributed by atoms with Crippen LogP contribution in [0.15, 0.2) is 10.8 Å². The first-order valence-corrected chi connectivity index (χ1v) is 3.94. The van der Waals surface area contributed by atoms with E-state index in [2.05, 4.69) is 10.9 Å². The minimum absolute atomic E-state index is 0.332. The van der Waals surface area contributed by atoms with Gasteiger partial charge in [0.05, 0.1) is 0 Å². The number of terminal acetylenes is 1. The van der Waals surface area contributed by atoms with Crippen LogP contribution in [0.3, 0.4) is 0 Å². The lowest BCUT2D eigenvalue weighted by Crippen LogP contribution is -2.17. The molecule has 0 aliphatic rings. The van der Waals surface area contributed by atoms with E-state index in [0.29, 0.717) is 24.2 Å². The molecule has 0 N–H and O–H groups in total. The standard InChI is InChI=1S/C10H11NO2/c1-4-5-10(2,3)9-8(6-12)11-7-13-9/h1,6-7H,5H2,2-3H3. The Morgan fingerprint density at radius 3 is 3.00 bits per heavy atom.